The molecule has 0 aliphatic rings. The van der Waals surface area contributed by atoms with Gasteiger partial charge in [-0.25, -0.2) is 18.0 Å². The first-order chi connectivity index (χ1) is 9.72. The van der Waals surface area contributed by atoms with E-state index in [1.165, 1.54) is 18.2 Å². The number of carbonyl (C=O) groups excluding carboxylic acids is 1. The van der Waals surface area contributed by atoms with E-state index in [1.54, 1.807) is 0 Å². The van der Waals surface area contributed by atoms with Crippen LogP contribution in [0.15, 0.2) is 18.2 Å². The molecule has 1 aromatic rings. The minimum atomic E-state index is -0.783. The summed E-state index contributed by atoms with van der Waals surface area (Å²) >= 11 is 0. The summed E-state index contributed by atoms with van der Waals surface area (Å²) in [6.07, 6.45) is 0. The summed E-state index contributed by atoms with van der Waals surface area (Å²) in [6, 6.07) is 4.04. The van der Waals surface area contributed by atoms with Crippen LogP contribution in [0.2, 0.25) is 0 Å². The first-order valence-corrected chi connectivity index (χ1v) is 5.97. The van der Waals surface area contributed by atoms with Gasteiger partial charge in [-0.1, -0.05) is 0 Å². The van der Waals surface area contributed by atoms with Crippen molar-refractivity contribution in [2.75, 3.05) is 39.8 Å². The maximum atomic E-state index is 12.1. The van der Waals surface area contributed by atoms with Crippen LogP contribution in [0.3, 0.4) is 0 Å². The summed E-state index contributed by atoms with van der Waals surface area (Å²) in [4.78, 5) is 11.5. The van der Waals surface area contributed by atoms with Gasteiger partial charge in [-0.2, -0.15) is 0 Å². The fraction of sp³-hybridized carbons (Fsp3) is 0.462. The van der Waals surface area contributed by atoms with Gasteiger partial charge in [-0.05, 0) is 18.2 Å². The first kappa shape index (κ1) is 16.1. The quantitative estimate of drug-likeness (QED) is 0.656. The largest absolute Gasteiger partial charge is 0.487 e. The maximum absolute atomic E-state index is 12.1. The lowest BCUT2D eigenvalue weighted by Crippen LogP contribution is -2.09. The highest BCUT2D eigenvalue weighted by atomic mass is 19.1. The van der Waals surface area contributed by atoms with E-state index < -0.39 is 26.0 Å². The Labute approximate surface area is 114 Å². The first-order valence-electron chi connectivity index (χ1n) is 5.97. The Hall–Kier alpha value is -1.92. The number of alkyl halides is 3. The highest BCUT2D eigenvalue weighted by Crippen LogP contribution is 2.28. The molecule has 0 aliphatic heterocycles. The zero-order valence-corrected chi connectivity index (χ0v) is 10.7. The van der Waals surface area contributed by atoms with Crippen LogP contribution in [-0.4, -0.2) is 45.8 Å². The molecule has 0 aromatic heterocycles. The van der Waals surface area contributed by atoms with Gasteiger partial charge in [0.2, 0.25) is 0 Å². The highest BCUT2D eigenvalue weighted by Gasteiger charge is 2.13. The third kappa shape index (κ3) is 4.99. The van der Waals surface area contributed by atoms with E-state index in [0.29, 0.717) is 0 Å². The second-order valence-corrected chi connectivity index (χ2v) is 3.56. The Morgan fingerprint density at radius 2 is 1.50 bits per heavy atom. The second kappa shape index (κ2) is 9.06. The van der Waals surface area contributed by atoms with Crippen molar-refractivity contribution in [1.29, 1.82) is 0 Å². The second-order valence-electron chi connectivity index (χ2n) is 3.56. The van der Waals surface area contributed by atoms with E-state index in [0.717, 1.165) is 0 Å². The fourth-order valence-corrected chi connectivity index (χ4v) is 1.38. The predicted octanol–water partition coefficient (Wildman–Crippen LogP) is 2.51. The van der Waals surface area contributed by atoms with Crippen LogP contribution in [0.25, 0.3) is 0 Å². The van der Waals surface area contributed by atoms with E-state index in [1.807, 2.05) is 0 Å². The summed E-state index contributed by atoms with van der Waals surface area (Å²) in [7, 11) is 0. The summed E-state index contributed by atoms with van der Waals surface area (Å²) in [6.45, 7) is -2.96. The molecule has 0 radical (unpaired) electrons. The Morgan fingerprint density at radius 1 is 0.900 bits per heavy atom. The number of esters is 1. The number of benzene rings is 1. The Bertz CT molecular complexity index is 426. The Morgan fingerprint density at radius 3 is 2.10 bits per heavy atom. The normalized spacial score (nSPS) is 10.2. The molecule has 7 heteroatoms. The summed E-state index contributed by atoms with van der Waals surface area (Å²) in [5, 5.41) is 0. The van der Waals surface area contributed by atoms with Crippen LogP contribution in [-0.2, 0) is 4.74 Å². The number of ether oxygens (including phenoxy) is 3. The molecule has 1 aromatic carbocycles. The molecule has 0 bridgehead atoms. The molecule has 0 aliphatic carbocycles. The molecule has 4 nitrogen and oxygen atoms in total. The maximum Gasteiger partial charge on any atom is 0.338 e. The predicted molar refractivity (Wildman–Crippen MR) is 65.6 cm³/mol. The van der Waals surface area contributed by atoms with Crippen molar-refractivity contribution in [3.8, 4) is 11.5 Å². The van der Waals surface area contributed by atoms with E-state index >= 15 is 0 Å². The number of hydrogen-bond acceptors (Lipinski definition) is 4. The number of carbonyl (C=O) groups is 1. The zero-order valence-electron chi connectivity index (χ0n) is 10.7. The van der Waals surface area contributed by atoms with Gasteiger partial charge in [-0.3, -0.25) is 0 Å². The minimum Gasteiger partial charge on any atom is -0.487 e. The van der Waals surface area contributed by atoms with Crippen LogP contribution in [0.5, 0.6) is 11.5 Å². The van der Waals surface area contributed by atoms with Crippen LogP contribution in [0.4, 0.5) is 13.2 Å². The summed E-state index contributed by atoms with van der Waals surface area (Å²) < 4.78 is 50.9. The summed E-state index contributed by atoms with van der Waals surface area (Å²) in [5.74, 6) is -0.436. The molecule has 0 unspecified atom stereocenters. The van der Waals surface area contributed by atoms with Gasteiger partial charge >= 0.3 is 5.97 Å². The van der Waals surface area contributed by atoms with Crippen molar-refractivity contribution in [1.82, 2.24) is 0 Å². The van der Waals surface area contributed by atoms with Crippen molar-refractivity contribution >= 4 is 5.97 Å². The molecule has 20 heavy (non-hydrogen) atoms. The van der Waals surface area contributed by atoms with Crippen molar-refractivity contribution in [2.24, 2.45) is 0 Å². The number of halogens is 3. The standard InChI is InChI=1S/C13H15F3O4/c14-3-6-18-11-2-1-10(13(17)20-8-5-16)9-12(11)19-7-4-15/h1-2,9H,3-8H2. The van der Waals surface area contributed by atoms with E-state index in [2.05, 4.69) is 4.74 Å². The van der Waals surface area contributed by atoms with Gasteiger partial charge in [-0.15, -0.1) is 0 Å². The molecule has 1 rings (SSSR count). The van der Waals surface area contributed by atoms with Gasteiger partial charge in [0, 0.05) is 0 Å². The van der Waals surface area contributed by atoms with E-state index in [-0.39, 0.29) is 36.9 Å². The third-order valence-electron chi connectivity index (χ3n) is 2.16. The monoisotopic (exact) mass is 292 g/mol. The molecule has 0 spiro atoms. The van der Waals surface area contributed by atoms with E-state index in [9.17, 15) is 18.0 Å². The molecule has 0 saturated carbocycles. The molecule has 0 amide bonds. The molecular weight excluding hydrogens is 277 g/mol. The average Bonchev–Trinajstić information content (AvgIpc) is 2.48. The molecule has 0 fully saturated rings. The lowest BCUT2D eigenvalue weighted by molar-refractivity contribution is 0.0480. The van der Waals surface area contributed by atoms with Crippen LogP contribution in [0.1, 0.15) is 10.4 Å². The Kier molecular flexibility index (Phi) is 7.31. The van der Waals surface area contributed by atoms with Crippen molar-refractivity contribution in [2.45, 2.75) is 0 Å². The minimum absolute atomic E-state index is 0.103. The molecular formula is C13H15F3O4. The van der Waals surface area contributed by atoms with Gasteiger partial charge < -0.3 is 14.2 Å². The highest BCUT2D eigenvalue weighted by molar-refractivity contribution is 5.90. The number of rotatable bonds is 9. The average molecular weight is 292 g/mol. The smallest absolute Gasteiger partial charge is 0.338 e. The zero-order chi connectivity index (χ0) is 14.8. The molecule has 0 N–H and O–H groups in total. The SMILES string of the molecule is O=C(OCCF)c1ccc(OCCF)c(OCCF)c1. The van der Waals surface area contributed by atoms with E-state index in [4.69, 9.17) is 9.47 Å². The van der Waals surface area contributed by atoms with Crippen LogP contribution >= 0.6 is 0 Å². The van der Waals surface area contributed by atoms with Gasteiger partial charge in [0.05, 0.1) is 5.56 Å². The van der Waals surface area contributed by atoms with Crippen molar-refractivity contribution in [3.63, 3.8) is 0 Å². The third-order valence-corrected chi connectivity index (χ3v) is 2.16. The Balaban J connectivity index is 2.85. The molecule has 0 atom stereocenters. The van der Waals surface area contributed by atoms with Crippen LogP contribution in [0, 0.1) is 0 Å². The fourth-order valence-electron chi connectivity index (χ4n) is 1.38. The van der Waals surface area contributed by atoms with Crippen molar-refractivity contribution in [3.05, 3.63) is 23.8 Å². The molecule has 0 heterocycles. The van der Waals surface area contributed by atoms with Gasteiger partial charge in [0.1, 0.15) is 39.8 Å². The number of hydrogen-bond donors (Lipinski definition) is 0. The molecule has 112 valence electrons. The lowest BCUT2D eigenvalue weighted by Gasteiger charge is -2.12. The molecule has 0 saturated heterocycles. The van der Waals surface area contributed by atoms with Gasteiger partial charge in [0.15, 0.2) is 11.5 Å². The van der Waals surface area contributed by atoms with Crippen LogP contribution < -0.4 is 9.47 Å². The van der Waals surface area contributed by atoms with Crippen molar-refractivity contribution < 1.29 is 32.2 Å². The topological polar surface area (TPSA) is 44.8 Å². The summed E-state index contributed by atoms with van der Waals surface area (Å²) in [5.41, 5.74) is 0.111. The lowest BCUT2D eigenvalue weighted by atomic mass is 10.2. The van der Waals surface area contributed by atoms with Gasteiger partial charge in [0.25, 0.3) is 0 Å².